The summed E-state index contributed by atoms with van der Waals surface area (Å²) in [6, 6.07) is 16.0. The quantitative estimate of drug-likeness (QED) is 0.357. The largest absolute Gasteiger partial charge is 0.396 e. The molecule has 0 aliphatic carbocycles. The van der Waals surface area contributed by atoms with Crippen LogP contribution in [-0.4, -0.2) is 24.9 Å². The van der Waals surface area contributed by atoms with E-state index in [2.05, 4.69) is 19.9 Å². The molecule has 4 aromatic heterocycles. The van der Waals surface area contributed by atoms with Crippen LogP contribution in [0.1, 0.15) is 5.56 Å². The fourth-order valence-electron chi connectivity index (χ4n) is 3.93. The molecule has 0 aliphatic rings. The van der Waals surface area contributed by atoms with Crippen molar-refractivity contribution < 1.29 is 0 Å². The number of anilines is 1. The lowest BCUT2D eigenvalue weighted by atomic mass is 10.1. The van der Waals surface area contributed by atoms with Gasteiger partial charge in [-0.15, -0.1) is 0 Å². The SMILES string of the molecule is NC(c1c[nH]c2ccccc12)=c1[nH]c2nc3ccccc3c2c2nc(N)nc12. The molecule has 4 heterocycles. The minimum Gasteiger partial charge on any atom is -0.396 e. The number of para-hydroxylation sites is 2. The molecule has 0 bridgehead atoms. The number of hydrogen-bond acceptors (Lipinski definition) is 5. The van der Waals surface area contributed by atoms with Crippen LogP contribution in [0, 0.1) is 0 Å². The number of nitrogen functional groups attached to an aromatic ring is 1. The summed E-state index contributed by atoms with van der Waals surface area (Å²) in [5.74, 6) is 0.217. The van der Waals surface area contributed by atoms with Crippen LogP contribution in [0.25, 0.3) is 49.6 Å². The summed E-state index contributed by atoms with van der Waals surface area (Å²) in [5, 5.41) is 3.62. The normalized spacial score (nSPS) is 13.1. The smallest absolute Gasteiger partial charge is 0.221 e. The summed E-state index contributed by atoms with van der Waals surface area (Å²) in [4.78, 5) is 20.3. The van der Waals surface area contributed by atoms with Gasteiger partial charge in [-0.1, -0.05) is 36.4 Å². The maximum atomic E-state index is 6.62. The highest BCUT2D eigenvalue weighted by Crippen LogP contribution is 2.29. The third-order valence-electron chi connectivity index (χ3n) is 5.19. The molecule has 0 unspecified atom stereocenters. The van der Waals surface area contributed by atoms with Crippen molar-refractivity contribution >= 4 is 55.5 Å². The molecule has 6 aromatic rings. The Kier molecular flexibility index (Phi) is 2.78. The number of hydrogen-bond donors (Lipinski definition) is 4. The van der Waals surface area contributed by atoms with Crippen molar-refractivity contribution in [3.63, 3.8) is 0 Å². The van der Waals surface area contributed by atoms with Crippen LogP contribution < -0.4 is 16.8 Å². The zero-order chi connectivity index (χ0) is 18.8. The fraction of sp³-hybridized carbons (Fsp3) is 0. The number of fused-ring (bicyclic) bond motifs is 6. The predicted molar refractivity (Wildman–Crippen MR) is 111 cm³/mol. The number of benzene rings is 2. The first-order valence-electron chi connectivity index (χ1n) is 8.90. The topological polar surface area (TPSA) is 122 Å². The van der Waals surface area contributed by atoms with E-state index in [1.165, 1.54) is 0 Å². The first-order valence-corrected chi connectivity index (χ1v) is 8.90. The molecule has 0 atom stereocenters. The number of pyridine rings is 1. The highest BCUT2D eigenvalue weighted by molar-refractivity contribution is 6.17. The van der Waals surface area contributed by atoms with E-state index in [1.807, 2.05) is 54.7 Å². The molecule has 28 heavy (non-hydrogen) atoms. The molecular weight excluding hydrogens is 350 g/mol. The van der Waals surface area contributed by atoms with Crippen molar-refractivity contribution in [2.75, 3.05) is 5.73 Å². The number of aromatic nitrogens is 5. The van der Waals surface area contributed by atoms with Gasteiger partial charge >= 0.3 is 0 Å². The second-order valence-electron chi connectivity index (χ2n) is 6.79. The molecule has 134 valence electrons. The Hall–Kier alpha value is -4.13. The maximum absolute atomic E-state index is 6.62. The molecule has 7 nitrogen and oxygen atoms in total. The van der Waals surface area contributed by atoms with Gasteiger partial charge in [0.25, 0.3) is 0 Å². The van der Waals surface area contributed by atoms with E-state index in [0.29, 0.717) is 27.7 Å². The van der Waals surface area contributed by atoms with Crippen LogP contribution in [0.5, 0.6) is 0 Å². The van der Waals surface area contributed by atoms with Crippen molar-refractivity contribution in [2.45, 2.75) is 0 Å². The molecule has 7 heteroatoms. The van der Waals surface area contributed by atoms with Crippen molar-refractivity contribution in [3.05, 3.63) is 65.6 Å². The highest BCUT2D eigenvalue weighted by atomic mass is 15.0. The molecule has 0 saturated heterocycles. The molecule has 0 saturated carbocycles. The summed E-state index contributed by atoms with van der Waals surface area (Å²) in [7, 11) is 0. The minimum absolute atomic E-state index is 0.217. The van der Waals surface area contributed by atoms with Gasteiger partial charge in [0.15, 0.2) is 0 Å². The minimum atomic E-state index is 0.217. The van der Waals surface area contributed by atoms with Gasteiger partial charge < -0.3 is 21.4 Å². The molecule has 0 aliphatic heterocycles. The van der Waals surface area contributed by atoms with E-state index in [1.54, 1.807) is 0 Å². The molecule has 0 radical (unpaired) electrons. The fourth-order valence-corrected chi connectivity index (χ4v) is 3.93. The second kappa shape index (κ2) is 5.20. The predicted octanol–water partition coefficient (Wildman–Crippen LogP) is 2.56. The molecular formula is C21H15N7. The van der Waals surface area contributed by atoms with E-state index in [0.717, 1.165) is 32.8 Å². The number of imidazole rings is 1. The number of aromatic amines is 2. The Morgan fingerprint density at radius 2 is 1.61 bits per heavy atom. The molecule has 2 aromatic carbocycles. The van der Waals surface area contributed by atoms with Crippen LogP contribution in [0.4, 0.5) is 5.95 Å². The van der Waals surface area contributed by atoms with Crippen molar-refractivity contribution in [3.8, 4) is 0 Å². The zero-order valence-corrected chi connectivity index (χ0v) is 14.7. The van der Waals surface area contributed by atoms with Gasteiger partial charge in [-0.25, -0.2) is 15.0 Å². The molecule has 0 fully saturated rings. The lowest BCUT2D eigenvalue weighted by molar-refractivity contribution is 1.26. The average Bonchev–Trinajstić information content (AvgIpc) is 3.40. The van der Waals surface area contributed by atoms with Crippen molar-refractivity contribution in [1.82, 2.24) is 24.9 Å². The van der Waals surface area contributed by atoms with E-state index in [4.69, 9.17) is 16.5 Å². The second-order valence-corrected chi connectivity index (χ2v) is 6.79. The summed E-state index contributed by atoms with van der Waals surface area (Å²) < 4.78 is 0. The maximum Gasteiger partial charge on any atom is 0.221 e. The highest BCUT2D eigenvalue weighted by Gasteiger charge is 2.17. The van der Waals surface area contributed by atoms with Gasteiger partial charge in [0.2, 0.25) is 5.95 Å². The van der Waals surface area contributed by atoms with Crippen molar-refractivity contribution in [2.24, 2.45) is 5.73 Å². The number of rotatable bonds is 1. The van der Waals surface area contributed by atoms with E-state index < -0.39 is 0 Å². The summed E-state index contributed by atoms with van der Waals surface area (Å²) in [6.07, 6.45) is 1.90. The zero-order valence-electron chi connectivity index (χ0n) is 14.7. The van der Waals surface area contributed by atoms with E-state index in [-0.39, 0.29) is 5.95 Å². The van der Waals surface area contributed by atoms with Crippen molar-refractivity contribution in [1.29, 1.82) is 0 Å². The number of nitrogens with zero attached hydrogens (tertiary/aromatic N) is 3. The van der Waals surface area contributed by atoms with E-state index in [9.17, 15) is 0 Å². The number of nitrogens with one attached hydrogen (secondary N) is 2. The van der Waals surface area contributed by atoms with Gasteiger partial charge in [0.05, 0.1) is 21.9 Å². The average molecular weight is 365 g/mol. The lowest BCUT2D eigenvalue weighted by Crippen LogP contribution is -2.19. The lowest BCUT2D eigenvalue weighted by Gasteiger charge is -2.02. The Morgan fingerprint density at radius 3 is 2.50 bits per heavy atom. The van der Waals surface area contributed by atoms with Crippen LogP contribution in [0.3, 0.4) is 0 Å². The van der Waals surface area contributed by atoms with Gasteiger partial charge in [-0.05, 0) is 12.1 Å². The standard InChI is InChI=1S/C21H15N7/c22-16(12-9-24-13-7-3-1-5-10(12)13)18-19-17(27-21(23)28-19)15-11-6-2-4-8-14(11)25-20(15)26-18/h1-9,24H,22H2,(H2,23,27)(H,25,26). The van der Waals surface area contributed by atoms with Crippen LogP contribution in [-0.2, 0) is 0 Å². The van der Waals surface area contributed by atoms with Gasteiger partial charge in [0, 0.05) is 28.0 Å². The first kappa shape index (κ1) is 15.0. The Labute approximate surface area is 158 Å². The monoisotopic (exact) mass is 365 g/mol. The Bertz CT molecular complexity index is 1590. The molecule has 0 spiro atoms. The van der Waals surface area contributed by atoms with Crippen LogP contribution in [0.15, 0.2) is 54.7 Å². The van der Waals surface area contributed by atoms with Gasteiger partial charge in [-0.2, -0.15) is 0 Å². The Balaban J connectivity index is 1.82. The summed E-state index contributed by atoms with van der Waals surface area (Å²) in [5.41, 5.74) is 18.0. The van der Waals surface area contributed by atoms with Gasteiger partial charge in [-0.3, -0.25) is 0 Å². The van der Waals surface area contributed by atoms with E-state index >= 15 is 0 Å². The molecule has 6 N–H and O–H groups in total. The third-order valence-corrected chi connectivity index (χ3v) is 5.19. The van der Waals surface area contributed by atoms with Crippen LogP contribution >= 0.6 is 0 Å². The summed E-state index contributed by atoms with van der Waals surface area (Å²) in [6.45, 7) is 0. The van der Waals surface area contributed by atoms with Crippen LogP contribution in [0.2, 0.25) is 0 Å². The van der Waals surface area contributed by atoms with Gasteiger partial charge in [0.1, 0.15) is 16.7 Å². The first-order chi connectivity index (χ1) is 13.7. The number of H-pyrrole nitrogens is 2. The Morgan fingerprint density at radius 1 is 0.857 bits per heavy atom. The molecule has 0 amide bonds. The third kappa shape index (κ3) is 1.90. The summed E-state index contributed by atoms with van der Waals surface area (Å²) >= 11 is 0. The number of nitrogens with two attached hydrogens (primary N) is 2. The molecule has 6 rings (SSSR count).